The molecule has 3 atom stereocenters. The number of carboxylic acid groups (broad SMARTS) is 1. The average molecular weight is 397 g/mol. The van der Waals surface area contributed by atoms with Gasteiger partial charge in [0.2, 0.25) is 15.9 Å². The second-order valence-electron chi connectivity index (χ2n) is 6.14. The molecule has 2 unspecified atom stereocenters. The Morgan fingerprint density at radius 1 is 1.30 bits per heavy atom. The van der Waals surface area contributed by atoms with Crippen molar-refractivity contribution < 1.29 is 32.6 Å². The van der Waals surface area contributed by atoms with E-state index in [0.29, 0.717) is 5.75 Å². The number of nitrogens with one attached hydrogen (secondary N) is 1. The van der Waals surface area contributed by atoms with Crippen LogP contribution in [0.5, 0.6) is 5.75 Å². The summed E-state index contributed by atoms with van der Waals surface area (Å²) in [7, 11) is -3.82. The van der Waals surface area contributed by atoms with Crippen molar-refractivity contribution in [1.29, 1.82) is 0 Å². The summed E-state index contributed by atoms with van der Waals surface area (Å²) in [5, 5.41) is 11.8. The molecule has 0 aliphatic carbocycles. The molecule has 146 valence electrons. The Morgan fingerprint density at radius 2 is 1.96 bits per heavy atom. The Balaban J connectivity index is 1.65. The lowest BCUT2D eigenvalue weighted by molar-refractivity contribution is -0.163. The number of sulfonamides is 1. The predicted octanol–water partition coefficient (Wildman–Crippen LogP) is -1.16. The van der Waals surface area contributed by atoms with Crippen molar-refractivity contribution >= 4 is 27.8 Å². The first-order valence-corrected chi connectivity index (χ1v) is 9.89. The molecule has 0 bridgehead atoms. The van der Waals surface area contributed by atoms with Gasteiger partial charge in [0.05, 0.1) is 11.8 Å². The molecule has 2 fully saturated rings. The molecule has 2 saturated heterocycles. The predicted molar refractivity (Wildman–Crippen MR) is 92.1 cm³/mol. The number of β-lactam (4-membered cyclic amide) rings is 1. The highest BCUT2D eigenvalue weighted by Gasteiger charge is 2.62. The van der Waals surface area contributed by atoms with E-state index in [-0.39, 0.29) is 18.9 Å². The third-order valence-electron chi connectivity index (χ3n) is 4.54. The number of hydrogen-bond donors (Lipinski definition) is 2. The largest absolute Gasteiger partial charge is 0.484 e. The lowest BCUT2D eigenvalue weighted by Crippen LogP contribution is -2.71. The van der Waals surface area contributed by atoms with Crippen molar-refractivity contribution in [1.82, 2.24) is 14.5 Å². The van der Waals surface area contributed by atoms with Gasteiger partial charge in [-0.05, 0) is 19.1 Å². The lowest BCUT2D eigenvalue weighted by atomic mass is 9.96. The Hall–Kier alpha value is -2.66. The zero-order valence-electron chi connectivity index (χ0n) is 14.4. The molecule has 3 rings (SSSR count). The number of carbonyl (C=O) groups excluding carboxylic acids is 2. The molecule has 2 amide bonds. The summed E-state index contributed by atoms with van der Waals surface area (Å²) in [6, 6.07) is 6.93. The standard InChI is InChI=1S/C16H19N3O7S/c1-2-27(24,25)18-8-11-13(15(21)19(11)14(18)16(22)23)17-12(20)9-26-10-6-4-3-5-7-10/h3-7,11,13-14H,2,8-9H2,1H3,(H,17,20)(H,22,23)/t11?,13-,14?/m1/s1. The van der Waals surface area contributed by atoms with Crippen molar-refractivity contribution in [3.63, 3.8) is 0 Å². The van der Waals surface area contributed by atoms with Crippen LogP contribution in [0.2, 0.25) is 0 Å². The number of amides is 2. The average Bonchev–Trinajstić information content (AvgIpc) is 3.02. The third-order valence-corrected chi connectivity index (χ3v) is 6.33. The quantitative estimate of drug-likeness (QED) is 0.554. The minimum Gasteiger partial charge on any atom is -0.484 e. The molecule has 11 heteroatoms. The van der Waals surface area contributed by atoms with Gasteiger partial charge >= 0.3 is 5.97 Å². The first-order chi connectivity index (χ1) is 12.8. The molecule has 27 heavy (non-hydrogen) atoms. The normalized spacial score (nSPS) is 24.9. The molecule has 10 nitrogen and oxygen atoms in total. The summed E-state index contributed by atoms with van der Waals surface area (Å²) in [6.45, 7) is 0.898. The fourth-order valence-electron chi connectivity index (χ4n) is 3.20. The van der Waals surface area contributed by atoms with Crippen molar-refractivity contribution in [3.8, 4) is 5.75 Å². The number of carbonyl (C=O) groups is 3. The first kappa shape index (κ1) is 19.1. The minimum atomic E-state index is -3.82. The van der Waals surface area contributed by atoms with Crippen LogP contribution in [0.15, 0.2) is 30.3 Å². The van der Waals surface area contributed by atoms with E-state index in [2.05, 4.69) is 5.32 Å². The molecular weight excluding hydrogens is 378 g/mol. The van der Waals surface area contributed by atoms with Crippen molar-refractivity contribution in [2.75, 3.05) is 18.9 Å². The van der Waals surface area contributed by atoms with Crippen LogP contribution in [0.1, 0.15) is 6.92 Å². The highest BCUT2D eigenvalue weighted by molar-refractivity contribution is 7.89. The maximum atomic E-state index is 12.3. The van der Waals surface area contributed by atoms with Gasteiger partial charge in [0.25, 0.3) is 5.91 Å². The van der Waals surface area contributed by atoms with Crippen LogP contribution < -0.4 is 10.1 Å². The van der Waals surface area contributed by atoms with E-state index in [9.17, 15) is 27.9 Å². The molecule has 0 radical (unpaired) electrons. The SMILES string of the molecule is CCS(=O)(=O)N1CC2[C@@H](NC(=O)COc3ccccc3)C(=O)N2C1C(=O)O. The molecule has 0 spiro atoms. The maximum Gasteiger partial charge on any atom is 0.342 e. The summed E-state index contributed by atoms with van der Waals surface area (Å²) in [5.41, 5.74) is 0. The van der Waals surface area contributed by atoms with Gasteiger partial charge < -0.3 is 20.1 Å². The van der Waals surface area contributed by atoms with Crippen molar-refractivity contribution in [2.45, 2.75) is 25.2 Å². The van der Waals surface area contributed by atoms with Gasteiger partial charge in [0.1, 0.15) is 11.8 Å². The van der Waals surface area contributed by atoms with Crippen LogP contribution in [0.3, 0.4) is 0 Å². The van der Waals surface area contributed by atoms with Gasteiger partial charge in [-0.3, -0.25) is 9.59 Å². The third kappa shape index (κ3) is 3.47. The van der Waals surface area contributed by atoms with Crippen LogP contribution in [0, 0.1) is 0 Å². The number of benzene rings is 1. The number of para-hydroxylation sites is 1. The first-order valence-electron chi connectivity index (χ1n) is 8.28. The topological polar surface area (TPSA) is 133 Å². The van der Waals surface area contributed by atoms with Crippen LogP contribution in [-0.4, -0.2) is 77.7 Å². The summed E-state index contributed by atoms with van der Waals surface area (Å²) < 4.78 is 30.4. The molecule has 2 aliphatic heterocycles. The van der Waals surface area contributed by atoms with Gasteiger partial charge in [-0.25, -0.2) is 13.2 Å². The van der Waals surface area contributed by atoms with Crippen LogP contribution >= 0.6 is 0 Å². The monoisotopic (exact) mass is 397 g/mol. The van der Waals surface area contributed by atoms with Gasteiger partial charge in [0.15, 0.2) is 12.8 Å². The summed E-state index contributed by atoms with van der Waals surface area (Å²) in [6.07, 6.45) is -1.58. The molecule has 0 saturated carbocycles. The number of ether oxygens (including phenoxy) is 1. The highest BCUT2D eigenvalue weighted by Crippen LogP contribution is 2.34. The summed E-state index contributed by atoms with van der Waals surface area (Å²) in [5.74, 6) is -2.41. The van der Waals surface area contributed by atoms with Gasteiger partial charge in [-0.15, -0.1) is 0 Å². The summed E-state index contributed by atoms with van der Waals surface area (Å²) >= 11 is 0. The molecule has 2 aliphatic rings. The Labute approximate surface area is 155 Å². The maximum absolute atomic E-state index is 12.3. The van der Waals surface area contributed by atoms with Crippen LogP contribution in [0.25, 0.3) is 0 Å². The number of carboxylic acids is 1. The van der Waals surface area contributed by atoms with Gasteiger partial charge in [-0.2, -0.15) is 4.31 Å². The van der Waals surface area contributed by atoms with Crippen LogP contribution in [0.4, 0.5) is 0 Å². The van der Waals surface area contributed by atoms with Gasteiger partial charge in [-0.1, -0.05) is 18.2 Å². The molecule has 1 aromatic carbocycles. The van der Waals surface area contributed by atoms with Crippen molar-refractivity contribution in [3.05, 3.63) is 30.3 Å². The van der Waals surface area contributed by atoms with E-state index >= 15 is 0 Å². The Kier molecular flexibility index (Phi) is 5.07. The lowest BCUT2D eigenvalue weighted by Gasteiger charge is -2.43. The van der Waals surface area contributed by atoms with E-state index in [1.165, 1.54) is 6.92 Å². The Bertz CT molecular complexity index is 858. The Morgan fingerprint density at radius 3 is 2.56 bits per heavy atom. The van der Waals surface area contributed by atoms with E-state index in [1.54, 1.807) is 30.3 Å². The van der Waals surface area contributed by atoms with Crippen LogP contribution in [-0.2, 0) is 24.4 Å². The van der Waals surface area contributed by atoms with E-state index in [0.717, 1.165) is 9.21 Å². The zero-order valence-corrected chi connectivity index (χ0v) is 15.3. The number of fused-ring (bicyclic) bond motifs is 1. The van der Waals surface area contributed by atoms with Gasteiger partial charge in [0, 0.05) is 6.54 Å². The number of aliphatic carboxylic acids is 1. The molecule has 2 N–H and O–H groups in total. The minimum absolute atomic E-state index is 0.177. The molecule has 0 aromatic heterocycles. The number of rotatable bonds is 7. The smallest absolute Gasteiger partial charge is 0.342 e. The zero-order chi connectivity index (χ0) is 19.8. The highest BCUT2D eigenvalue weighted by atomic mass is 32.2. The van der Waals surface area contributed by atoms with E-state index < -0.39 is 46.1 Å². The molecular formula is C16H19N3O7S. The van der Waals surface area contributed by atoms with E-state index in [1.807, 2.05) is 0 Å². The molecule has 2 heterocycles. The second-order valence-corrected chi connectivity index (χ2v) is 8.35. The fraction of sp³-hybridized carbons (Fsp3) is 0.438. The number of hydrogen-bond acceptors (Lipinski definition) is 6. The number of nitrogens with zero attached hydrogens (tertiary/aromatic N) is 2. The molecule has 1 aromatic rings. The fourth-order valence-corrected chi connectivity index (χ4v) is 4.41. The second kappa shape index (κ2) is 7.16. The van der Waals surface area contributed by atoms with E-state index in [4.69, 9.17) is 4.74 Å². The van der Waals surface area contributed by atoms with Crippen molar-refractivity contribution in [2.24, 2.45) is 0 Å². The summed E-state index contributed by atoms with van der Waals surface area (Å²) in [4.78, 5) is 36.8.